The van der Waals surface area contributed by atoms with Crippen molar-refractivity contribution in [1.29, 1.82) is 0 Å². The van der Waals surface area contributed by atoms with Crippen molar-refractivity contribution in [2.75, 3.05) is 19.5 Å². The van der Waals surface area contributed by atoms with Crippen molar-refractivity contribution in [3.63, 3.8) is 0 Å². The van der Waals surface area contributed by atoms with E-state index in [2.05, 4.69) is 26.0 Å². The zero-order valence-electron chi connectivity index (χ0n) is 17.5. The van der Waals surface area contributed by atoms with Gasteiger partial charge in [-0.15, -0.1) is 0 Å². The summed E-state index contributed by atoms with van der Waals surface area (Å²) in [6.45, 7) is 0. The molecule has 1 amide bonds. The number of ether oxygens (including phenoxy) is 2. The number of hydrogen-bond donors (Lipinski definition) is 2. The Hall–Kier alpha value is -2.88. The van der Waals surface area contributed by atoms with E-state index in [1.807, 2.05) is 36.4 Å². The molecule has 0 saturated heterocycles. The lowest BCUT2D eigenvalue weighted by Gasteiger charge is -2.19. The minimum atomic E-state index is -4.04. The second kappa shape index (κ2) is 10.6. The van der Waals surface area contributed by atoms with Crippen molar-refractivity contribution < 1.29 is 22.7 Å². The third-order valence-corrected chi connectivity index (χ3v) is 6.62. The van der Waals surface area contributed by atoms with E-state index in [1.165, 1.54) is 32.4 Å². The molecule has 2 N–H and O–H groups in total. The van der Waals surface area contributed by atoms with Crippen molar-refractivity contribution in [2.24, 2.45) is 0 Å². The summed E-state index contributed by atoms with van der Waals surface area (Å²) in [4.78, 5) is 13.0. The van der Waals surface area contributed by atoms with E-state index in [0.717, 1.165) is 10.0 Å². The summed E-state index contributed by atoms with van der Waals surface area (Å²) in [5.74, 6) is 0.198. The monoisotopic (exact) mass is 518 g/mol. The molecule has 0 aliphatic rings. The Morgan fingerprint density at radius 1 is 0.938 bits per heavy atom. The lowest BCUT2D eigenvalue weighted by atomic mass is 10.1. The topological polar surface area (TPSA) is 93.7 Å². The van der Waals surface area contributed by atoms with Crippen LogP contribution in [0.3, 0.4) is 0 Å². The van der Waals surface area contributed by atoms with Crippen molar-refractivity contribution in [1.82, 2.24) is 4.72 Å². The molecule has 32 heavy (non-hydrogen) atoms. The van der Waals surface area contributed by atoms with Gasteiger partial charge in [0.05, 0.1) is 19.1 Å². The van der Waals surface area contributed by atoms with Crippen LogP contribution in [0, 0.1) is 0 Å². The van der Waals surface area contributed by atoms with Crippen LogP contribution in [0.2, 0.25) is 0 Å². The number of methoxy groups -OCH3 is 2. The first-order valence-corrected chi connectivity index (χ1v) is 11.9. The average molecular weight is 519 g/mol. The first kappa shape index (κ1) is 23.8. The second-order valence-electron chi connectivity index (χ2n) is 6.88. The molecular formula is C23H23BrN2O5S. The van der Waals surface area contributed by atoms with Crippen molar-refractivity contribution in [3.05, 3.63) is 82.8 Å². The molecule has 1 unspecified atom stereocenters. The van der Waals surface area contributed by atoms with Crippen LogP contribution >= 0.6 is 15.9 Å². The Morgan fingerprint density at radius 2 is 1.66 bits per heavy atom. The van der Waals surface area contributed by atoms with Gasteiger partial charge in [-0.05, 0) is 42.3 Å². The summed E-state index contributed by atoms with van der Waals surface area (Å²) >= 11 is 3.36. The predicted octanol–water partition coefficient (Wildman–Crippen LogP) is 3.99. The van der Waals surface area contributed by atoms with Gasteiger partial charge in [-0.2, -0.15) is 4.72 Å². The molecule has 0 aliphatic heterocycles. The highest BCUT2D eigenvalue weighted by Crippen LogP contribution is 2.29. The molecule has 0 radical (unpaired) electrons. The van der Waals surface area contributed by atoms with E-state index in [1.54, 1.807) is 18.2 Å². The molecule has 7 nitrogen and oxygen atoms in total. The van der Waals surface area contributed by atoms with E-state index in [-0.39, 0.29) is 17.1 Å². The van der Waals surface area contributed by atoms with Gasteiger partial charge in [-0.25, -0.2) is 8.42 Å². The average Bonchev–Trinajstić information content (AvgIpc) is 2.78. The summed E-state index contributed by atoms with van der Waals surface area (Å²) in [6.07, 6.45) is 0.174. The maximum absolute atomic E-state index is 13.1. The van der Waals surface area contributed by atoms with Gasteiger partial charge in [0.25, 0.3) is 0 Å². The Kier molecular flexibility index (Phi) is 7.89. The number of amides is 1. The Morgan fingerprint density at radius 3 is 2.31 bits per heavy atom. The van der Waals surface area contributed by atoms with Crippen LogP contribution in [0.4, 0.5) is 5.69 Å². The number of anilines is 1. The fourth-order valence-corrected chi connectivity index (χ4v) is 4.68. The van der Waals surface area contributed by atoms with Gasteiger partial charge >= 0.3 is 0 Å². The normalized spacial score (nSPS) is 12.1. The van der Waals surface area contributed by atoms with Crippen LogP contribution in [-0.4, -0.2) is 34.6 Å². The van der Waals surface area contributed by atoms with E-state index in [4.69, 9.17) is 9.47 Å². The number of halogens is 1. The maximum atomic E-state index is 13.1. The number of rotatable bonds is 9. The zero-order chi connectivity index (χ0) is 23.1. The number of benzene rings is 3. The highest BCUT2D eigenvalue weighted by Gasteiger charge is 2.27. The van der Waals surface area contributed by atoms with Crippen molar-refractivity contribution >= 4 is 37.5 Å². The molecule has 9 heteroatoms. The standard InChI is InChI=1S/C23H23BrN2O5S/c1-30-21-12-11-19(15-22(21)31-2)32(28,29)26-20(13-16-7-4-3-5-8-16)23(27)25-18-10-6-9-17(24)14-18/h3-12,14-15,20,26H,13H2,1-2H3,(H,25,27). The van der Waals surface area contributed by atoms with Crippen LogP contribution in [0.25, 0.3) is 0 Å². The predicted molar refractivity (Wildman–Crippen MR) is 127 cm³/mol. The summed E-state index contributed by atoms with van der Waals surface area (Å²) in [5, 5.41) is 2.78. The number of nitrogens with one attached hydrogen (secondary N) is 2. The van der Waals surface area contributed by atoms with Crippen LogP contribution in [0.1, 0.15) is 5.56 Å². The molecule has 168 valence electrons. The second-order valence-corrected chi connectivity index (χ2v) is 9.51. The molecule has 0 aliphatic carbocycles. The third-order valence-electron chi connectivity index (χ3n) is 4.65. The molecule has 0 heterocycles. The fourth-order valence-electron chi connectivity index (χ4n) is 3.07. The van der Waals surface area contributed by atoms with Crippen LogP contribution in [-0.2, 0) is 21.2 Å². The number of carbonyl (C=O) groups is 1. The van der Waals surface area contributed by atoms with Gasteiger partial charge < -0.3 is 14.8 Å². The quantitative estimate of drug-likeness (QED) is 0.446. The molecule has 0 bridgehead atoms. The number of hydrogen-bond acceptors (Lipinski definition) is 5. The summed E-state index contributed by atoms with van der Waals surface area (Å²) < 4.78 is 39.9. The van der Waals surface area contributed by atoms with E-state index in [0.29, 0.717) is 11.4 Å². The van der Waals surface area contributed by atoms with E-state index < -0.39 is 22.0 Å². The summed E-state index contributed by atoms with van der Waals surface area (Å²) in [7, 11) is -1.15. The van der Waals surface area contributed by atoms with Crippen molar-refractivity contribution in [2.45, 2.75) is 17.4 Å². The van der Waals surface area contributed by atoms with Gasteiger partial charge in [0.1, 0.15) is 6.04 Å². The van der Waals surface area contributed by atoms with Gasteiger partial charge in [0.2, 0.25) is 15.9 Å². The van der Waals surface area contributed by atoms with Gasteiger partial charge in [0, 0.05) is 16.2 Å². The number of sulfonamides is 1. The maximum Gasteiger partial charge on any atom is 0.242 e. The molecule has 3 rings (SSSR count). The molecular weight excluding hydrogens is 496 g/mol. The minimum absolute atomic E-state index is 0.0385. The lowest BCUT2D eigenvalue weighted by Crippen LogP contribution is -2.45. The highest BCUT2D eigenvalue weighted by atomic mass is 79.9. The Labute approximate surface area is 195 Å². The molecule has 3 aromatic rings. The fraction of sp³-hybridized carbons (Fsp3) is 0.174. The van der Waals surface area contributed by atoms with Crippen LogP contribution in [0.5, 0.6) is 11.5 Å². The molecule has 0 spiro atoms. The van der Waals surface area contributed by atoms with Gasteiger partial charge in [0.15, 0.2) is 11.5 Å². The van der Waals surface area contributed by atoms with E-state index >= 15 is 0 Å². The molecule has 0 saturated carbocycles. The molecule has 0 fully saturated rings. The summed E-state index contributed by atoms with van der Waals surface area (Å²) in [6, 6.07) is 19.5. The van der Waals surface area contributed by atoms with Crippen LogP contribution in [0.15, 0.2) is 82.2 Å². The zero-order valence-corrected chi connectivity index (χ0v) is 19.9. The summed E-state index contributed by atoms with van der Waals surface area (Å²) in [5.41, 5.74) is 1.37. The lowest BCUT2D eigenvalue weighted by molar-refractivity contribution is -0.117. The molecule has 0 aromatic heterocycles. The highest BCUT2D eigenvalue weighted by molar-refractivity contribution is 9.10. The van der Waals surface area contributed by atoms with Crippen LogP contribution < -0.4 is 19.5 Å². The molecule has 3 aromatic carbocycles. The smallest absolute Gasteiger partial charge is 0.242 e. The first-order valence-electron chi connectivity index (χ1n) is 9.67. The Balaban J connectivity index is 1.89. The minimum Gasteiger partial charge on any atom is -0.493 e. The van der Waals surface area contributed by atoms with Gasteiger partial charge in [-0.1, -0.05) is 52.3 Å². The Bertz CT molecular complexity index is 1190. The largest absolute Gasteiger partial charge is 0.493 e. The third kappa shape index (κ3) is 6.09. The van der Waals surface area contributed by atoms with Crippen molar-refractivity contribution in [3.8, 4) is 11.5 Å². The number of carbonyl (C=O) groups excluding carboxylic acids is 1. The SMILES string of the molecule is COc1ccc(S(=O)(=O)NC(Cc2ccccc2)C(=O)Nc2cccc(Br)c2)cc1OC. The van der Waals surface area contributed by atoms with E-state index in [9.17, 15) is 13.2 Å². The molecule has 1 atom stereocenters. The first-order chi connectivity index (χ1) is 15.3. The van der Waals surface area contributed by atoms with Gasteiger partial charge in [-0.3, -0.25) is 4.79 Å².